The SMILES string of the molecule is C/C=C1/C(=O)CC2C3CCC4=CC(=O)CC[C@@]4(C)C3CC[C@@]12C. The van der Waals surface area contributed by atoms with Crippen molar-refractivity contribution in [3.8, 4) is 0 Å². The molecule has 4 aliphatic carbocycles. The maximum atomic E-state index is 12.5. The molecule has 0 amide bonds. The molecule has 3 saturated carbocycles. The van der Waals surface area contributed by atoms with Gasteiger partial charge in [-0.2, -0.15) is 0 Å². The average Bonchev–Trinajstić information content (AvgIpc) is 2.77. The van der Waals surface area contributed by atoms with Crippen molar-refractivity contribution in [2.75, 3.05) is 0 Å². The van der Waals surface area contributed by atoms with Crippen LogP contribution in [0.4, 0.5) is 0 Å². The molecule has 4 aliphatic rings. The average molecular weight is 312 g/mol. The molecular formula is C21H28O2. The molecule has 2 heteroatoms. The van der Waals surface area contributed by atoms with Gasteiger partial charge in [-0.15, -0.1) is 0 Å². The Labute approximate surface area is 139 Å². The van der Waals surface area contributed by atoms with Crippen LogP contribution in [0.15, 0.2) is 23.3 Å². The number of hydrogen-bond donors (Lipinski definition) is 0. The van der Waals surface area contributed by atoms with E-state index < -0.39 is 0 Å². The third-order valence-electron chi connectivity index (χ3n) is 7.96. The Balaban J connectivity index is 1.72. The number of carbonyl (C=O) groups is 2. The summed E-state index contributed by atoms with van der Waals surface area (Å²) in [6.45, 7) is 6.77. The van der Waals surface area contributed by atoms with E-state index in [1.54, 1.807) is 0 Å². The summed E-state index contributed by atoms with van der Waals surface area (Å²) in [4.78, 5) is 24.4. The van der Waals surface area contributed by atoms with Crippen molar-refractivity contribution in [3.05, 3.63) is 23.3 Å². The molecule has 0 aliphatic heterocycles. The normalized spacial score (nSPS) is 47.9. The number of hydrogen-bond acceptors (Lipinski definition) is 2. The monoisotopic (exact) mass is 312 g/mol. The summed E-state index contributed by atoms with van der Waals surface area (Å²) in [6, 6.07) is 0. The molecule has 3 unspecified atom stereocenters. The Kier molecular flexibility index (Phi) is 3.28. The van der Waals surface area contributed by atoms with Gasteiger partial charge in [-0.05, 0) is 79.3 Å². The van der Waals surface area contributed by atoms with Crippen LogP contribution in [-0.2, 0) is 9.59 Å². The second-order valence-corrected chi connectivity index (χ2v) is 8.75. The summed E-state index contributed by atoms with van der Waals surface area (Å²) in [7, 11) is 0. The van der Waals surface area contributed by atoms with Gasteiger partial charge in [0.25, 0.3) is 0 Å². The molecule has 0 N–H and O–H groups in total. The van der Waals surface area contributed by atoms with Gasteiger partial charge in [-0.25, -0.2) is 0 Å². The summed E-state index contributed by atoms with van der Waals surface area (Å²) in [5, 5.41) is 0. The van der Waals surface area contributed by atoms with E-state index in [9.17, 15) is 9.59 Å². The van der Waals surface area contributed by atoms with Crippen molar-refractivity contribution < 1.29 is 9.59 Å². The van der Waals surface area contributed by atoms with Crippen molar-refractivity contribution in [3.63, 3.8) is 0 Å². The third kappa shape index (κ3) is 1.93. The van der Waals surface area contributed by atoms with Crippen LogP contribution in [0.2, 0.25) is 0 Å². The molecule has 0 saturated heterocycles. The smallest absolute Gasteiger partial charge is 0.159 e. The highest BCUT2D eigenvalue weighted by molar-refractivity contribution is 5.99. The molecule has 4 rings (SSSR count). The van der Waals surface area contributed by atoms with Crippen LogP contribution in [0, 0.1) is 28.6 Å². The van der Waals surface area contributed by atoms with Gasteiger partial charge in [0.15, 0.2) is 11.6 Å². The van der Waals surface area contributed by atoms with E-state index >= 15 is 0 Å². The standard InChI is InChI=1S/C21H28O2/c1-4-16-19(23)12-18-15-6-5-13-11-14(22)7-9-20(13,2)17(15)8-10-21(16,18)3/h4,11,15,17-18H,5-10,12H2,1-3H3/b16-4-/t15?,17?,18?,20-,21+/m1/s1. The van der Waals surface area contributed by atoms with E-state index in [2.05, 4.69) is 19.9 Å². The van der Waals surface area contributed by atoms with Crippen LogP contribution < -0.4 is 0 Å². The molecule has 0 spiro atoms. The summed E-state index contributed by atoms with van der Waals surface area (Å²) >= 11 is 0. The zero-order chi connectivity index (χ0) is 16.4. The minimum atomic E-state index is 0.106. The van der Waals surface area contributed by atoms with Crippen molar-refractivity contribution >= 4 is 11.6 Å². The first-order valence-corrected chi connectivity index (χ1v) is 9.34. The first-order chi connectivity index (χ1) is 10.9. The summed E-state index contributed by atoms with van der Waals surface area (Å²) in [5.41, 5.74) is 2.83. The molecule has 23 heavy (non-hydrogen) atoms. The Morgan fingerprint density at radius 3 is 2.57 bits per heavy atom. The zero-order valence-electron chi connectivity index (χ0n) is 14.7. The molecule has 0 aromatic rings. The van der Waals surface area contributed by atoms with Gasteiger partial charge in [0.1, 0.15) is 0 Å². The van der Waals surface area contributed by atoms with E-state index in [0.29, 0.717) is 35.7 Å². The highest BCUT2D eigenvalue weighted by atomic mass is 16.1. The van der Waals surface area contributed by atoms with E-state index in [0.717, 1.165) is 31.3 Å². The van der Waals surface area contributed by atoms with Crippen LogP contribution in [0.25, 0.3) is 0 Å². The van der Waals surface area contributed by atoms with Crippen LogP contribution in [-0.4, -0.2) is 11.6 Å². The van der Waals surface area contributed by atoms with Crippen molar-refractivity contribution in [2.24, 2.45) is 28.6 Å². The van der Waals surface area contributed by atoms with Crippen molar-refractivity contribution in [1.29, 1.82) is 0 Å². The minimum absolute atomic E-state index is 0.106. The first kappa shape index (κ1) is 15.4. The largest absolute Gasteiger partial charge is 0.295 e. The van der Waals surface area contributed by atoms with E-state index in [1.807, 2.05) is 13.0 Å². The Hall–Kier alpha value is -1.18. The van der Waals surface area contributed by atoms with Crippen LogP contribution in [0.1, 0.15) is 65.7 Å². The van der Waals surface area contributed by atoms with Gasteiger partial charge in [-0.1, -0.05) is 25.5 Å². The predicted octanol–water partition coefficient (Wildman–Crippen LogP) is 4.64. The highest BCUT2D eigenvalue weighted by Crippen LogP contribution is 2.65. The maximum absolute atomic E-state index is 12.5. The molecule has 0 bridgehead atoms. The molecule has 124 valence electrons. The lowest BCUT2D eigenvalue weighted by atomic mass is 9.47. The first-order valence-electron chi connectivity index (χ1n) is 9.34. The van der Waals surface area contributed by atoms with E-state index in [1.165, 1.54) is 18.4 Å². The summed E-state index contributed by atoms with van der Waals surface area (Å²) < 4.78 is 0. The van der Waals surface area contributed by atoms with Gasteiger partial charge in [0.05, 0.1) is 0 Å². The number of ketones is 2. The Bertz CT molecular complexity index is 640. The van der Waals surface area contributed by atoms with E-state index in [4.69, 9.17) is 0 Å². The second kappa shape index (κ2) is 4.91. The van der Waals surface area contributed by atoms with Gasteiger partial charge >= 0.3 is 0 Å². The van der Waals surface area contributed by atoms with Gasteiger partial charge in [0, 0.05) is 12.8 Å². The fourth-order valence-corrected chi connectivity index (χ4v) is 6.71. The van der Waals surface area contributed by atoms with Gasteiger partial charge in [-0.3, -0.25) is 9.59 Å². The fraction of sp³-hybridized carbons (Fsp3) is 0.714. The molecule has 2 nitrogen and oxygen atoms in total. The minimum Gasteiger partial charge on any atom is -0.295 e. The van der Waals surface area contributed by atoms with Gasteiger partial charge in [0.2, 0.25) is 0 Å². The number of carbonyl (C=O) groups excluding carboxylic acids is 2. The van der Waals surface area contributed by atoms with Crippen molar-refractivity contribution in [2.45, 2.75) is 65.7 Å². The molecule has 0 aromatic carbocycles. The highest BCUT2D eigenvalue weighted by Gasteiger charge is 2.59. The third-order valence-corrected chi connectivity index (χ3v) is 7.96. The molecule has 5 atom stereocenters. The molecular weight excluding hydrogens is 284 g/mol. The predicted molar refractivity (Wildman–Crippen MR) is 90.9 cm³/mol. The molecule has 3 fully saturated rings. The Morgan fingerprint density at radius 1 is 1.04 bits per heavy atom. The quantitative estimate of drug-likeness (QED) is 0.610. The maximum Gasteiger partial charge on any atom is 0.159 e. The van der Waals surface area contributed by atoms with Crippen LogP contribution in [0.5, 0.6) is 0 Å². The van der Waals surface area contributed by atoms with Crippen molar-refractivity contribution in [1.82, 2.24) is 0 Å². The number of allylic oxidation sites excluding steroid dienone is 3. The van der Waals surface area contributed by atoms with Crippen LogP contribution in [0.3, 0.4) is 0 Å². The number of rotatable bonds is 0. The lowest BCUT2D eigenvalue weighted by molar-refractivity contribution is -0.117. The summed E-state index contributed by atoms with van der Waals surface area (Å²) in [6.07, 6.45) is 11.1. The number of fused-ring (bicyclic) bond motifs is 5. The Morgan fingerprint density at radius 2 is 1.83 bits per heavy atom. The topological polar surface area (TPSA) is 34.1 Å². The van der Waals surface area contributed by atoms with E-state index in [-0.39, 0.29) is 10.8 Å². The molecule has 0 heterocycles. The molecule has 0 aromatic heterocycles. The van der Waals surface area contributed by atoms with Gasteiger partial charge < -0.3 is 0 Å². The number of Topliss-reactive ketones (excluding diaryl/α,β-unsaturated/α-hetero) is 1. The van der Waals surface area contributed by atoms with Crippen LogP contribution >= 0.6 is 0 Å². The lowest BCUT2D eigenvalue weighted by Gasteiger charge is -2.57. The molecule has 0 radical (unpaired) electrons. The lowest BCUT2D eigenvalue weighted by Crippen LogP contribution is -2.49. The second-order valence-electron chi connectivity index (χ2n) is 8.75. The summed E-state index contributed by atoms with van der Waals surface area (Å²) in [5.74, 6) is 2.56. The fourth-order valence-electron chi connectivity index (χ4n) is 6.71. The zero-order valence-corrected chi connectivity index (χ0v) is 14.7.